The van der Waals surface area contributed by atoms with Crippen LogP contribution in [-0.4, -0.2) is 11.7 Å². The van der Waals surface area contributed by atoms with Crippen molar-refractivity contribution >= 4 is 10.8 Å². The number of hydroxylamine groups is 1. The molecule has 1 unspecified atom stereocenters. The van der Waals surface area contributed by atoms with E-state index in [1.54, 1.807) is 0 Å². The molecule has 0 fully saturated rings. The molecule has 0 saturated heterocycles. The lowest BCUT2D eigenvalue weighted by atomic mass is 10.0. The van der Waals surface area contributed by atoms with E-state index in [0.717, 1.165) is 16.3 Å². The fourth-order valence-corrected chi connectivity index (χ4v) is 1.70. The van der Waals surface area contributed by atoms with Crippen molar-refractivity contribution in [2.24, 2.45) is 0 Å². The topological polar surface area (TPSA) is 41.5 Å². The van der Waals surface area contributed by atoms with Gasteiger partial charge in [-0.1, -0.05) is 43.0 Å². The molecule has 0 aromatic heterocycles. The van der Waals surface area contributed by atoms with Crippen LogP contribution in [-0.2, 0) is 4.84 Å². The van der Waals surface area contributed by atoms with Gasteiger partial charge in [-0.25, -0.2) is 0 Å². The molecule has 0 aliphatic carbocycles. The minimum absolute atomic E-state index is 0.185. The summed E-state index contributed by atoms with van der Waals surface area (Å²) in [5, 5.41) is 12.2. The Morgan fingerprint density at radius 1 is 1.24 bits per heavy atom. The largest absolute Gasteiger partial charge is 0.386 e. The van der Waals surface area contributed by atoms with E-state index in [2.05, 4.69) is 12.1 Å². The average Bonchev–Trinajstić information content (AvgIpc) is 2.38. The summed E-state index contributed by atoms with van der Waals surface area (Å²) in [7, 11) is 0. The summed E-state index contributed by atoms with van der Waals surface area (Å²) in [5.41, 5.74) is 3.33. The lowest BCUT2D eigenvalue weighted by molar-refractivity contribution is -0.00148. The molecular formula is C14H15NO2. The van der Waals surface area contributed by atoms with Crippen molar-refractivity contribution < 1.29 is 9.94 Å². The zero-order valence-electron chi connectivity index (χ0n) is 9.47. The molecule has 1 atom stereocenters. The van der Waals surface area contributed by atoms with Crippen LogP contribution in [0.25, 0.3) is 10.8 Å². The third kappa shape index (κ3) is 2.84. The van der Waals surface area contributed by atoms with E-state index in [4.69, 9.17) is 4.84 Å². The summed E-state index contributed by atoms with van der Waals surface area (Å²) >= 11 is 0. The van der Waals surface area contributed by atoms with Gasteiger partial charge in [0.2, 0.25) is 0 Å². The molecule has 88 valence electrons. The minimum Gasteiger partial charge on any atom is -0.386 e. The molecule has 0 amide bonds. The number of hydrogen-bond donors (Lipinski definition) is 2. The highest BCUT2D eigenvalue weighted by molar-refractivity contribution is 5.83. The first-order valence-electron chi connectivity index (χ1n) is 5.46. The Morgan fingerprint density at radius 3 is 2.76 bits per heavy atom. The Bertz CT molecular complexity index is 510. The molecule has 3 nitrogen and oxygen atoms in total. The number of aliphatic hydroxyl groups is 1. The third-order valence-electron chi connectivity index (χ3n) is 2.57. The first-order chi connectivity index (χ1) is 8.31. The van der Waals surface area contributed by atoms with Crippen molar-refractivity contribution in [2.75, 3.05) is 6.61 Å². The van der Waals surface area contributed by atoms with Gasteiger partial charge in [-0.15, -0.1) is 0 Å². The highest BCUT2D eigenvalue weighted by Gasteiger charge is 2.07. The van der Waals surface area contributed by atoms with Gasteiger partial charge in [0.15, 0.2) is 0 Å². The van der Waals surface area contributed by atoms with Crippen LogP contribution in [0, 0.1) is 0 Å². The van der Waals surface area contributed by atoms with Gasteiger partial charge in [0.25, 0.3) is 0 Å². The molecule has 0 aliphatic heterocycles. The van der Waals surface area contributed by atoms with Crippen LogP contribution in [0.15, 0.2) is 55.2 Å². The maximum Gasteiger partial charge on any atom is 0.105 e. The van der Waals surface area contributed by atoms with Crippen LogP contribution in [0.5, 0.6) is 0 Å². The fraction of sp³-hybridized carbons (Fsp3) is 0.143. The average molecular weight is 229 g/mol. The number of hydrogen-bond acceptors (Lipinski definition) is 3. The Morgan fingerprint density at radius 2 is 2.00 bits per heavy atom. The maximum absolute atomic E-state index is 9.91. The van der Waals surface area contributed by atoms with Gasteiger partial charge in [0, 0.05) is 6.20 Å². The zero-order chi connectivity index (χ0) is 12.1. The predicted octanol–water partition coefficient (Wildman–Crippen LogP) is 2.54. The van der Waals surface area contributed by atoms with Crippen LogP contribution in [0.1, 0.15) is 11.7 Å². The second kappa shape index (κ2) is 5.48. The number of fused-ring (bicyclic) bond motifs is 1. The van der Waals surface area contributed by atoms with E-state index in [-0.39, 0.29) is 6.61 Å². The standard InChI is InChI=1S/C14H15NO2/c1-2-15-17-10-14(16)13-8-7-11-5-3-4-6-12(11)9-13/h2-9,14-16H,1,10H2. The SMILES string of the molecule is C=CNOCC(O)c1ccc2ccccc2c1. The van der Waals surface area contributed by atoms with Crippen molar-refractivity contribution in [3.8, 4) is 0 Å². The molecule has 0 spiro atoms. The summed E-state index contributed by atoms with van der Waals surface area (Å²) in [6.07, 6.45) is 0.777. The molecule has 0 saturated carbocycles. The summed E-state index contributed by atoms with van der Waals surface area (Å²) in [6.45, 7) is 3.64. The molecule has 2 rings (SSSR count). The molecule has 2 N–H and O–H groups in total. The van der Waals surface area contributed by atoms with Crippen molar-refractivity contribution in [3.63, 3.8) is 0 Å². The lowest BCUT2D eigenvalue weighted by Crippen LogP contribution is -2.13. The summed E-state index contributed by atoms with van der Waals surface area (Å²) in [6, 6.07) is 13.9. The first kappa shape index (κ1) is 11.6. The van der Waals surface area contributed by atoms with E-state index in [1.165, 1.54) is 6.20 Å². The molecule has 0 radical (unpaired) electrons. The monoisotopic (exact) mass is 229 g/mol. The Hall–Kier alpha value is -1.84. The Kier molecular flexibility index (Phi) is 3.75. The minimum atomic E-state index is -0.646. The smallest absolute Gasteiger partial charge is 0.105 e. The van der Waals surface area contributed by atoms with Gasteiger partial charge in [0.1, 0.15) is 12.7 Å². The van der Waals surface area contributed by atoms with Crippen molar-refractivity contribution in [1.82, 2.24) is 5.48 Å². The van der Waals surface area contributed by atoms with Crippen LogP contribution < -0.4 is 5.48 Å². The van der Waals surface area contributed by atoms with E-state index >= 15 is 0 Å². The Balaban J connectivity index is 2.15. The second-order valence-corrected chi connectivity index (χ2v) is 3.76. The van der Waals surface area contributed by atoms with Crippen LogP contribution in [0.3, 0.4) is 0 Å². The highest BCUT2D eigenvalue weighted by Crippen LogP contribution is 2.20. The van der Waals surface area contributed by atoms with Crippen molar-refractivity contribution in [2.45, 2.75) is 6.10 Å². The fourth-order valence-electron chi connectivity index (χ4n) is 1.70. The van der Waals surface area contributed by atoms with Gasteiger partial charge in [-0.3, -0.25) is 10.3 Å². The van der Waals surface area contributed by atoms with Crippen LogP contribution in [0.4, 0.5) is 0 Å². The molecule has 0 bridgehead atoms. The number of rotatable bonds is 5. The first-order valence-corrected chi connectivity index (χ1v) is 5.46. The highest BCUT2D eigenvalue weighted by atomic mass is 16.6. The predicted molar refractivity (Wildman–Crippen MR) is 68.2 cm³/mol. The second-order valence-electron chi connectivity index (χ2n) is 3.76. The normalized spacial score (nSPS) is 12.3. The summed E-state index contributed by atoms with van der Waals surface area (Å²) < 4.78 is 0. The number of benzene rings is 2. The van der Waals surface area contributed by atoms with E-state index in [1.807, 2.05) is 42.5 Å². The molecule has 0 heterocycles. The van der Waals surface area contributed by atoms with Crippen molar-refractivity contribution in [1.29, 1.82) is 0 Å². The number of aliphatic hydroxyl groups excluding tert-OH is 1. The van der Waals surface area contributed by atoms with Crippen molar-refractivity contribution in [3.05, 3.63) is 60.8 Å². The maximum atomic E-state index is 9.91. The van der Waals surface area contributed by atoms with E-state index in [9.17, 15) is 5.11 Å². The van der Waals surface area contributed by atoms with Gasteiger partial charge in [-0.2, -0.15) is 0 Å². The molecule has 2 aromatic carbocycles. The molecular weight excluding hydrogens is 214 g/mol. The van der Waals surface area contributed by atoms with Gasteiger partial charge >= 0.3 is 0 Å². The van der Waals surface area contributed by atoms with Gasteiger partial charge < -0.3 is 5.11 Å². The zero-order valence-corrected chi connectivity index (χ0v) is 9.47. The third-order valence-corrected chi connectivity index (χ3v) is 2.57. The van der Waals surface area contributed by atoms with E-state index < -0.39 is 6.10 Å². The van der Waals surface area contributed by atoms with Gasteiger partial charge in [0.05, 0.1) is 0 Å². The number of nitrogens with one attached hydrogen (secondary N) is 1. The molecule has 3 heteroatoms. The van der Waals surface area contributed by atoms with E-state index in [0.29, 0.717) is 0 Å². The summed E-state index contributed by atoms with van der Waals surface area (Å²) in [5.74, 6) is 0. The van der Waals surface area contributed by atoms with Gasteiger partial charge in [-0.05, 0) is 22.4 Å². The molecule has 17 heavy (non-hydrogen) atoms. The quantitative estimate of drug-likeness (QED) is 0.611. The van der Waals surface area contributed by atoms with Crippen LogP contribution >= 0.6 is 0 Å². The molecule has 2 aromatic rings. The molecule has 0 aliphatic rings. The Labute approximate surface area is 100 Å². The summed E-state index contributed by atoms with van der Waals surface area (Å²) in [4.78, 5) is 4.99. The van der Waals surface area contributed by atoms with Crippen LogP contribution in [0.2, 0.25) is 0 Å². The lowest BCUT2D eigenvalue weighted by Gasteiger charge is -2.11.